The van der Waals surface area contributed by atoms with Crippen LogP contribution in [-0.2, 0) is 0 Å². The van der Waals surface area contributed by atoms with Gasteiger partial charge in [-0.15, -0.1) is 0 Å². The molecule has 3 nitrogen and oxygen atoms in total. The summed E-state index contributed by atoms with van der Waals surface area (Å²) in [5, 5.41) is 9.25. The third kappa shape index (κ3) is 3.58. The Morgan fingerprint density at radius 3 is 1.70 bits per heavy atom. The first-order valence-corrected chi connectivity index (χ1v) is 7.30. The summed E-state index contributed by atoms with van der Waals surface area (Å²) in [7, 11) is 0. The average Bonchev–Trinajstić information content (AvgIpc) is 2.58. The van der Waals surface area contributed by atoms with Crippen LogP contribution in [0.25, 0.3) is 0 Å². The molecule has 0 aliphatic carbocycles. The maximum absolute atomic E-state index is 12.4. The lowest BCUT2D eigenvalue weighted by Gasteiger charge is -2.07. The Bertz CT molecular complexity index is 801. The van der Waals surface area contributed by atoms with Gasteiger partial charge in [-0.25, -0.2) is 0 Å². The number of hydrogen-bond donors (Lipinski definition) is 1. The summed E-state index contributed by atoms with van der Waals surface area (Å²) in [5.74, 6) is 1.44. The number of carbonyl (C=O) groups is 1. The van der Waals surface area contributed by atoms with Gasteiger partial charge < -0.3 is 9.84 Å². The van der Waals surface area contributed by atoms with Crippen molar-refractivity contribution >= 4 is 5.78 Å². The summed E-state index contributed by atoms with van der Waals surface area (Å²) in [6.07, 6.45) is 0. The Balaban J connectivity index is 1.75. The molecule has 0 fully saturated rings. The second-order valence-electron chi connectivity index (χ2n) is 5.32. The maximum Gasteiger partial charge on any atom is 0.193 e. The molecular weight excluding hydrogens is 288 g/mol. The fourth-order valence-electron chi connectivity index (χ4n) is 2.20. The largest absolute Gasteiger partial charge is 0.508 e. The molecule has 0 aromatic heterocycles. The van der Waals surface area contributed by atoms with Crippen LogP contribution in [0.3, 0.4) is 0 Å². The molecule has 23 heavy (non-hydrogen) atoms. The molecular formula is C20H16O3. The van der Waals surface area contributed by atoms with Gasteiger partial charge in [-0.1, -0.05) is 29.8 Å². The summed E-state index contributed by atoms with van der Waals surface area (Å²) >= 11 is 0. The fraction of sp³-hybridized carbons (Fsp3) is 0.0500. The molecule has 3 aromatic rings. The van der Waals surface area contributed by atoms with E-state index in [4.69, 9.17) is 4.74 Å². The Kier molecular flexibility index (Phi) is 4.11. The number of rotatable bonds is 4. The van der Waals surface area contributed by atoms with E-state index in [2.05, 4.69) is 0 Å². The van der Waals surface area contributed by atoms with Crippen molar-refractivity contribution in [2.75, 3.05) is 0 Å². The summed E-state index contributed by atoms with van der Waals surface area (Å²) in [5.41, 5.74) is 2.41. The van der Waals surface area contributed by atoms with E-state index in [1.54, 1.807) is 48.5 Å². The monoisotopic (exact) mass is 304 g/mol. The van der Waals surface area contributed by atoms with E-state index in [0.29, 0.717) is 22.6 Å². The molecule has 0 saturated heterocycles. The number of phenolic OH excluding ortho intramolecular Hbond substituents is 1. The van der Waals surface area contributed by atoms with Crippen molar-refractivity contribution < 1.29 is 14.6 Å². The first kappa shape index (κ1) is 14.9. The van der Waals surface area contributed by atoms with Crippen molar-refractivity contribution in [2.45, 2.75) is 6.92 Å². The van der Waals surface area contributed by atoms with Crippen molar-refractivity contribution in [2.24, 2.45) is 0 Å². The highest BCUT2D eigenvalue weighted by molar-refractivity contribution is 6.09. The molecule has 0 unspecified atom stereocenters. The van der Waals surface area contributed by atoms with E-state index >= 15 is 0 Å². The predicted octanol–water partition coefficient (Wildman–Crippen LogP) is 4.72. The third-order valence-corrected chi connectivity index (χ3v) is 3.50. The lowest BCUT2D eigenvalue weighted by atomic mass is 10.0. The van der Waals surface area contributed by atoms with Gasteiger partial charge in [0.25, 0.3) is 0 Å². The van der Waals surface area contributed by atoms with E-state index in [1.165, 1.54) is 0 Å². The molecule has 3 heteroatoms. The quantitative estimate of drug-likeness (QED) is 0.709. The van der Waals surface area contributed by atoms with Crippen LogP contribution in [0.4, 0.5) is 0 Å². The number of benzene rings is 3. The van der Waals surface area contributed by atoms with Crippen LogP contribution < -0.4 is 4.74 Å². The standard InChI is InChI=1S/C20H16O3/c1-14-2-4-15(5-3-14)20(22)16-6-10-18(11-7-16)23-19-12-8-17(21)9-13-19/h2-13,21H,1H3. The molecule has 0 aliphatic heterocycles. The molecule has 1 N–H and O–H groups in total. The van der Waals surface area contributed by atoms with Crippen molar-refractivity contribution in [3.63, 3.8) is 0 Å². The highest BCUT2D eigenvalue weighted by Crippen LogP contribution is 2.24. The third-order valence-electron chi connectivity index (χ3n) is 3.50. The molecule has 0 amide bonds. The zero-order valence-corrected chi connectivity index (χ0v) is 12.7. The Morgan fingerprint density at radius 1 is 0.739 bits per heavy atom. The zero-order chi connectivity index (χ0) is 16.2. The topological polar surface area (TPSA) is 46.5 Å². The maximum atomic E-state index is 12.4. The van der Waals surface area contributed by atoms with Crippen LogP contribution >= 0.6 is 0 Å². The number of aromatic hydroxyl groups is 1. The fourth-order valence-corrected chi connectivity index (χ4v) is 2.20. The van der Waals surface area contributed by atoms with Gasteiger partial charge in [0, 0.05) is 11.1 Å². The molecule has 114 valence electrons. The summed E-state index contributed by atoms with van der Waals surface area (Å²) in [6, 6.07) is 21.0. The first-order chi connectivity index (χ1) is 11.1. The molecule has 0 saturated carbocycles. The Labute approximate surface area is 134 Å². The van der Waals surface area contributed by atoms with Crippen LogP contribution in [-0.4, -0.2) is 10.9 Å². The molecule has 3 rings (SSSR count). The minimum atomic E-state index is -0.0128. The van der Waals surface area contributed by atoms with Gasteiger partial charge in [0.1, 0.15) is 17.2 Å². The van der Waals surface area contributed by atoms with E-state index in [-0.39, 0.29) is 11.5 Å². The van der Waals surface area contributed by atoms with Crippen LogP contribution in [0.1, 0.15) is 21.5 Å². The SMILES string of the molecule is Cc1ccc(C(=O)c2ccc(Oc3ccc(O)cc3)cc2)cc1. The predicted molar refractivity (Wildman–Crippen MR) is 89.2 cm³/mol. The number of hydrogen-bond acceptors (Lipinski definition) is 3. The van der Waals surface area contributed by atoms with E-state index in [1.807, 2.05) is 31.2 Å². The van der Waals surface area contributed by atoms with Crippen LogP contribution in [0.15, 0.2) is 72.8 Å². The van der Waals surface area contributed by atoms with Crippen LogP contribution in [0.2, 0.25) is 0 Å². The van der Waals surface area contributed by atoms with E-state index in [0.717, 1.165) is 5.56 Å². The number of aryl methyl sites for hydroxylation is 1. The van der Waals surface area contributed by atoms with Gasteiger partial charge in [-0.3, -0.25) is 4.79 Å². The lowest BCUT2D eigenvalue weighted by Crippen LogP contribution is -2.00. The highest BCUT2D eigenvalue weighted by atomic mass is 16.5. The number of phenols is 1. The zero-order valence-electron chi connectivity index (χ0n) is 12.7. The van der Waals surface area contributed by atoms with Crippen molar-refractivity contribution in [1.29, 1.82) is 0 Å². The minimum Gasteiger partial charge on any atom is -0.508 e. The first-order valence-electron chi connectivity index (χ1n) is 7.30. The van der Waals surface area contributed by atoms with E-state index in [9.17, 15) is 9.90 Å². The van der Waals surface area contributed by atoms with E-state index < -0.39 is 0 Å². The smallest absolute Gasteiger partial charge is 0.193 e. The summed E-state index contributed by atoms with van der Waals surface area (Å²) in [6.45, 7) is 1.99. The molecule has 0 heterocycles. The molecule has 0 radical (unpaired) electrons. The minimum absolute atomic E-state index is 0.0128. The molecule has 3 aromatic carbocycles. The molecule has 0 atom stereocenters. The number of carbonyl (C=O) groups excluding carboxylic acids is 1. The van der Waals surface area contributed by atoms with Gasteiger partial charge in [0.05, 0.1) is 0 Å². The van der Waals surface area contributed by atoms with Gasteiger partial charge in [-0.2, -0.15) is 0 Å². The molecule has 0 spiro atoms. The van der Waals surface area contributed by atoms with Gasteiger partial charge in [0.2, 0.25) is 0 Å². The second kappa shape index (κ2) is 6.36. The highest BCUT2D eigenvalue weighted by Gasteiger charge is 2.09. The van der Waals surface area contributed by atoms with Crippen molar-refractivity contribution in [1.82, 2.24) is 0 Å². The van der Waals surface area contributed by atoms with Gasteiger partial charge in [0.15, 0.2) is 5.78 Å². The second-order valence-corrected chi connectivity index (χ2v) is 5.32. The number of ether oxygens (including phenoxy) is 1. The van der Waals surface area contributed by atoms with Crippen molar-refractivity contribution in [3.8, 4) is 17.2 Å². The van der Waals surface area contributed by atoms with Crippen molar-refractivity contribution in [3.05, 3.63) is 89.5 Å². The Hall–Kier alpha value is -3.07. The lowest BCUT2D eigenvalue weighted by molar-refractivity contribution is 0.103. The van der Waals surface area contributed by atoms with Crippen LogP contribution in [0.5, 0.6) is 17.2 Å². The normalized spacial score (nSPS) is 10.3. The molecule has 0 aliphatic rings. The summed E-state index contributed by atoms with van der Waals surface area (Å²) < 4.78 is 5.67. The average molecular weight is 304 g/mol. The molecule has 0 bridgehead atoms. The van der Waals surface area contributed by atoms with Gasteiger partial charge >= 0.3 is 0 Å². The van der Waals surface area contributed by atoms with Gasteiger partial charge in [-0.05, 0) is 55.5 Å². The number of ketones is 1. The van der Waals surface area contributed by atoms with Crippen LogP contribution in [0, 0.1) is 6.92 Å². The summed E-state index contributed by atoms with van der Waals surface area (Å²) in [4.78, 5) is 12.4. The Morgan fingerprint density at radius 2 is 1.17 bits per heavy atom.